The van der Waals surface area contributed by atoms with Gasteiger partial charge in [-0.2, -0.15) is 10.2 Å². The van der Waals surface area contributed by atoms with E-state index in [0.717, 1.165) is 16.1 Å². The number of amides is 2. The van der Waals surface area contributed by atoms with E-state index in [2.05, 4.69) is 25.9 Å². The summed E-state index contributed by atoms with van der Waals surface area (Å²) in [5.41, 5.74) is 2.67. The fraction of sp³-hybridized carbons (Fsp3) is 0.100. The number of thiophene rings is 1. The van der Waals surface area contributed by atoms with Gasteiger partial charge in [-0.15, -0.1) is 11.3 Å². The Kier molecular flexibility index (Phi) is 5.48. The molecule has 0 unspecified atom stereocenters. The first-order valence-electron chi connectivity index (χ1n) is 8.91. The summed E-state index contributed by atoms with van der Waals surface area (Å²) < 4.78 is 1.55. The van der Waals surface area contributed by atoms with Gasteiger partial charge in [0.15, 0.2) is 5.69 Å². The molecule has 0 saturated heterocycles. The monoisotopic (exact) mass is 406 g/mol. The summed E-state index contributed by atoms with van der Waals surface area (Å²) >= 11 is 1.58. The third-order valence-electron chi connectivity index (χ3n) is 4.13. The Morgan fingerprint density at radius 2 is 2.07 bits per heavy atom. The summed E-state index contributed by atoms with van der Waals surface area (Å²) in [7, 11) is 0. The summed E-state index contributed by atoms with van der Waals surface area (Å²) in [4.78, 5) is 25.5. The molecule has 1 aromatic carbocycles. The van der Waals surface area contributed by atoms with Gasteiger partial charge in [0, 0.05) is 24.6 Å². The highest BCUT2D eigenvalue weighted by molar-refractivity contribution is 7.13. The molecule has 0 atom stereocenters. The van der Waals surface area contributed by atoms with Crippen molar-refractivity contribution >= 4 is 28.8 Å². The molecule has 2 amide bonds. The van der Waals surface area contributed by atoms with Gasteiger partial charge < -0.3 is 10.6 Å². The van der Waals surface area contributed by atoms with Gasteiger partial charge in [0.25, 0.3) is 5.91 Å². The molecule has 3 aromatic heterocycles. The molecule has 0 bridgehead atoms. The number of carbonyl (C=O) groups excluding carboxylic acids is 2. The molecule has 3 heterocycles. The average Bonchev–Trinajstić information content (AvgIpc) is 3.48. The molecule has 0 saturated carbocycles. The van der Waals surface area contributed by atoms with Crippen LogP contribution in [0.5, 0.6) is 0 Å². The minimum absolute atomic E-state index is 0.139. The van der Waals surface area contributed by atoms with E-state index in [9.17, 15) is 9.59 Å². The molecule has 0 spiro atoms. The Morgan fingerprint density at radius 1 is 1.14 bits per heavy atom. The molecule has 9 heteroatoms. The van der Waals surface area contributed by atoms with Gasteiger partial charge in [0.1, 0.15) is 6.54 Å². The van der Waals surface area contributed by atoms with Crippen LogP contribution in [-0.2, 0) is 17.9 Å². The van der Waals surface area contributed by atoms with Crippen LogP contribution in [0.25, 0.3) is 10.6 Å². The number of benzene rings is 1. The predicted molar refractivity (Wildman–Crippen MR) is 110 cm³/mol. The van der Waals surface area contributed by atoms with Crippen molar-refractivity contribution in [3.8, 4) is 10.6 Å². The van der Waals surface area contributed by atoms with Gasteiger partial charge in [-0.3, -0.25) is 19.4 Å². The van der Waals surface area contributed by atoms with Crippen LogP contribution in [0.3, 0.4) is 0 Å². The van der Waals surface area contributed by atoms with Crippen molar-refractivity contribution < 1.29 is 9.59 Å². The molecule has 29 heavy (non-hydrogen) atoms. The lowest BCUT2D eigenvalue weighted by Gasteiger charge is -2.08. The van der Waals surface area contributed by atoms with Crippen LogP contribution in [0, 0.1) is 0 Å². The summed E-state index contributed by atoms with van der Waals surface area (Å²) in [6, 6.07) is 14.7. The fourth-order valence-corrected chi connectivity index (χ4v) is 3.46. The molecule has 146 valence electrons. The minimum Gasteiger partial charge on any atom is -0.347 e. The Morgan fingerprint density at radius 3 is 2.86 bits per heavy atom. The third kappa shape index (κ3) is 4.77. The molecule has 0 fully saturated rings. The molecule has 3 N–H and O–H groups in total. The SMILES string of the molecule is O=C(Cn1cccn1)Nc1cccc(CNC(=O)c2cc(-c3cccs3)[nH]n2)c1. The Bertz CT molecular complexity index is 1100. The number of aromatic nitrogens is 4. The lowest BCUT2D eigenvalue weighted by atomic mass is 10.2. The summed E-state index contributed by atoms with van der Waals surface area (Å²) in [5, 5.41) is 18.6. The first-order valence-corrected chi connectivity index (χ1v) is 9.79. The van der Waals surface area contributed by atoms with E-state index in [1.807, 2.05) is 35.7 Å². The molecule has 0 aliphatic carbocycles. The normalized spacial score (nSPS) is 10.6. The maximum Gasteiger partial charge on any atom is 0.272 e. The third-order valence-corrected chi connectivity index (χ3v) is 5.03. The first kappa shape index (κ1) is 18.6. The van der Waals surface area contributed by atoms with Crippen molar-refractivity contribution in [2.45, 2.75) is 13.1 Å². The first-order chi connectivity index (χ1) is 14.2. The van der Waals surface area contributed by atoms with Gasteiger partial charge in [-0.05, 0) is 41.3 Å². The second-order valence-electron chi connectivity index (χ2n) is 6.28. The van der Waals surface area contributed by atoms with E-state index in [-0.39, 0.29) is 18.4 Å². The molecular formula is C20H18N6O2S. The second-order valence-corrected chi connectivity index (χ2v) is 7.23. The highest BCUT2D eigenvalue weighted by atomic mass is 32.1. The zero-order valence-electron chi connectivity index (χ0n) is 15.3. The van der Waals surface area contributed by atoms with Crippen LogP contribution in [-0.4, -0.2) is 31.8 Å². The average molecular weight is 406 g/mol. The molecule has 0 aliphatic heterocycles. The van der Waals surface area contributed by atoms with Crippen molar-refractivity contribution in [2.24, 2.45) is 0 Å². The fourth-order valence-electron chi connectivity index (χ4n) is 2.77. The topological polar surface area (TPSA) is 105 Å². The minimum atomic E-state index is -0.267. The maximum absolute atomic E-state index is 12.4. The van der Waals surface area contributed by atoms with Crippen LogP contribution in [0.2, 0.25) is 0 Å². The van der Waals surface area contributed by atoms with E-state index in [1.165, 1.54) is 0 Å². The number of nitrogens with zero attached hydrogens (tertiary/aromatic N) is 3. The number of aromatic amines is 1. The summed E-state index contributed by atoms with van der Waals surface area (Å²) in [6.07, 6.45) is 3.35. The molecule has 0 radical (unpaired) electrons. The highest BCUT2D eigenvalue weighted by Gasteiger charge is 2.12. The second kappa shape index (κ2) is 8.53. The number of hydrogen-bond donors (Lipinski definition) is 3. The zero-order chi connectivity index (χ0) is 20.1. The Labute approximate surface area is 170 Å². The van der Waals surface area contributed by atoms with E-state index < -0.39 is 0 Å². The standard InChI is InChI=1S/C20H18N6O2S/c27-19(13-26-8-3-7-22-26)23-15-5-1-4-14(10-15)12-21-20(28)17-11-16(24-25-17)18-6-2-9-29-18/h1-11H,12-13H2,(H,21,28)(H,23,27)(H,24,25). The van der Waals surface area contributed by atoms with E-state index >= 15 is 0 Å². The summed E-state index contributed by atoms with van der Waals surface area (Å²) in [6.45, 7) is 0.461. The van der Waals surface area contributed by atoms with Crippen molar-refractivity contribution in [3.63, 3.8) is 0 Å². The maximum atomic E-state index is 12.4. The van der Waals surface area contributed by atoms with Crippen molar-refractivity contribution in [1.29, 1.82) is 0 Å². The van der Waals surface area contributed by atoms with Gasteiger partial charge in [0.2, 0.25) is 5.91 Å². The molecule has 4 rings (SSSR count). The van der Waals surface area contributed by atoms with E-state index in [0.29, 0.717) is 17.9 Å². The van der Waals surface area contributed by atoms with Crippen molar-refractivity contribution in [3.05, 3.63) is 77.6 Å². The predicted octanol–water partition coefficient (Wildman–Crippen LogP) is 2.90. The van der Waals surface area contributed by atoms with E-state index in [1.54, 1.807) is 46.6 Å². The van der Waals surface area contributed by atoms with Gasteiger partial charge >= 0.3 is 0 Å². The molecule has 4 aromatic rings. The van der Waals surface area contributed by atoms with E-state index in [4.69, 9.17) is 0 Å². The number of hydrogen-bond acceptors (Lipinski definition) is 5. The van der Waals surface area contributed by atoms with Crippen LogP contribution >= 0.6 is 11.3 Å². The van der Waals surface area contributed by atoms with Gasteiger partial charge in [-0.1, -0.05) is 18.2 Å². The number of anilines is 1. The largest absolute Gasteiger partial charge is 0.347 e. The van der Waals surface area contributed by atoms with Crippen LogP contribution < -0.4 is 10.6 Å². The lowest BCUT2D eigenvalue weighted by molar-refractivity contribution is -0.116. The smallest absolute Gasteiger partial charge is 0.272 e. The van der Waals surface area contributed by atoms with Crippen molar-refractivity contribution in [2.75, 3.05) is 5.32 Å². The van der Waals surface area contributed by atoms with Crippen LogP contribution in [0.1, 0.15) is 16.1 Å². The summed E-state index contributed by atoms with van der Waals surface area (Å²) in [5.74, 6) is -0.440. The molecule has 0 aliphatic rings. The number of H-pyrrole nitrogens is 1. The van der Waals surface area contributed by atoms with Crippen LogP contribution in [0.4, 0.5) is 5.69 Å². The van der Waals surface area contributed by atoms with Gasteiger partial charge in [-0.25, -0.2) is 0 Å². The Hall–Kier alpha value is -3.72. The Balaban J connectivity index is 1.33. The number of nitrogens with one attached hydrogen (secondary N) is 3. The number of rotatable bonds is 7. The van der Waals surface area contributed by atoms with Gasteiger partial charge in [0.05, 0.1) is 10.6 Å². The van der Waals surface area contributed by atoms with Crippen LogP contribution in [0.15, 0.2) is 66.3 Å². The lowest BCUT2D eigenvalue weighted by Crippen LogP contribution is -2.23. The molecule has 8 nitrogen and oxygen atoms in total. The molecular weight excluding hydrogens is 388 g/mol. The zero-order valence-corrected chi connectivity index (χ0v) is 16.1. The number of carbonyl (C=O) groups is 2. The highest BCUT2D eigenvalue weighted by Crippen LogP contribution is 2.22. The quantitative estimate of drug-likeness (QED) is 0.439. The van der Waals surface area contributed by atoms with Crippen molar-refractivity contribution in [1.82, 2.24) is 25.3 Å².